The van der Waals surface area contributed by atoms with Crippen molar-refractivity contribution in [1.29, 1.82) is 0 Å². The van der Waals surface area contributed by atoms with Gasteiger partial charge in [-0.05, 0) is 31.5 Å². The van der Waals surface area contributed by atoms with Crippen molar-refractivity contribution >= 4 is 5.82 Å². The summed E-state index contributed by atoms with van der Waals surface area (Å²) in [6, 6.07) is 12.2. The van der Waals surface area contributed by atoms with Crippen LogP contribution in [0.25, 0.3) is 11.3 Å². The molecule has 0 aliphatic carbocycles. The third kappa shape index (κ3) is 3.51. The standard InChI is InChI=1S/C15H19N3O/c1-12-5-3-6-13(11-12)14-7-8-15(17-16-14)18(2)9-4-10-19/h3,5-8,11,19H,4,9-10H2,1-2H3. The van der Waals surface area contributed by atoms with Crippen molar-refractivity contribution in [2.75, 3.05) is 25.1 Å². The third-order valence-corrected chi connectivity index (χ3v) is 3.01. The number of aliphatic hydroxyl groups is 1. The summed E-state index contributed by atoms with van der Waals surface area (Å²) in [5.74, 6) is 0.824. The molecule has 19 heavy (non-hydrogen) atoms. The van der Waals surface area contributed by atoms with E-state index in [1.165, 1.54) is 5.56 Å². The van der Waals surface area contributed by atoms with Gasteiger partial charge in [-0.1, -0.05) is 23.8 Å². The largest absolute Gasteiger partial charge is 0.396 e. The van der Waals surface area contributed by atoms with Crippen LogP contribution in [0.15, 0.2) is 36.4 Å². The van der Waals surface area contributed by atoms with Gasteiger partial charge in [0.05, 0.1) is 5.69 Å². The molecular formula is C15H19N3O. The summed E-state index contributed by atoms with van der Waals surface area (Å²) in [5.41, 5.74) is 3.17. The van der Waals surface area contributed by atoms with Crippen LogP contribution in [0.4, 0.5) is 5.82 Å². The zero-order valence-corrected chi connectivity index (χ0v) is 11.4. The van der Waals surface area contributed by atoms with E-state index in [0.717, 1.165) is 30.0 Å². The maximum Gasteiger partial charge on any atom is 0.151 e. The van der Waals surface area contributed by atoms with Crippen molar-refractivity contribution in [1.82, 2.24) is 10.2 Å². The van der Waals surface area contributed by atoms with E-state index >= 15 is 0 Å². The minimum absolute atomic E-state index is 0.194. The van der Waals surface area contributed by atoms with Gasteiger partial charge < -0.3 is 10.0 Å². The molecule has 100 valence electrons. The average molecular weight is 257 g/mol. The Bertz CT molecular complexity index is 525. The van der Waals surface area contributed by atoms with Gasteiger partial charge in [0.15, 0.2) is 5.82 Å². The Kier molecular flexibility index (Phi) is 4.47. The number of benzene rings is 1. The Labute approximate surface area is 113 Å². The first kappa shape index (κ1) is 13.5. The lowest BCUT2D eigenvalue weighted by atomic mass is 10.1. The molecule has 0 amide bonds. The number of aryl methyl sites for hydroxylation is 1. The second kappa shape index (κ2) is 6.29. The molecule has 0 aliphatic rings. The Morgan fingerprint density at radius 2 is 2.00 bits per heavy atom. The van der Waals surface area contributed by atoms with Crippen LogP contribution in [0, 0.1) is 6.92 Å². The van der Waals surface area contributed by atoms with Crippen LogP contribution in [-0.2, 0) is 0 Å². The quantitative estimate of drug-likeness (QED) is 0.892. The third-order valence-electron chi connectivity index (χ3n) is 3.01. The number of aromatic nitrogens is 2. The Morgan fingerprint density at radius 1 is 1.16 bits per heavy atom. The smallest absolute Gasteiger partial charge is 0.151 e. The minimum Gasteiger partial charge on any atom is -0.396 e. The second-order valence-electron chi connectivity index (χ2n) is 4.64. The van der Waals surface area contributed by atoms with Crippen LogP contribution in [0.2, 0.25) is 0 Å². The highest BCUT2D eigenvalue weighted by atomic mass is 16.3. The number of hydrogen-bond donors (Lipinski definition) is 1. The topological polar surface area (TPSA) is 49.2 Å². The van der Waals surface area contributed by atoms with Crippen LogP contribution in [0.1, 0.15) is 12.0 Å². The van der Waals surface area contributed by atoms with E-state index in [1.807, 2.05) is 36.2 Å². The van der Waals surface area contributed by atoms with Gasteiger partial charge in [0.25, 0.3) is 0 Å². The van der Waals surface area contributed by atoms with E-state index in [0.29, 0.717) is 0 Å². The molecule has 0 bridgehead atoms. The lowest BCUT2D eigenvalue weighted by Crippen LogP contribution is -2.20. The molecule has 1 N–H and O–H groups in total. The molecule has 0 aliphatic heterocycles. The van der Waals surface area contributed by atoms with E-state index < -0.39 is 0 Å². The molecule has 0 spiro atoms. The summed E-state index contributed by atoms with van der Waals surface area (Å²) < 4.78 is 0. The number of anilines is 1. The number of rotatable bonds is 5. The van der Waals surface area contributed by atoms with Crippen LogP contribution >= 0.6 is 0 Å². The predicted molar refractivity (Wildman–Crippen MR) is 77.2 cm³/mol. The molecule has 0 saturated carbocycles. The first-order valence-corrected chi connectivity index (χ1v) is 6.43. The normalized spacial score (nSPS) is 10.5. The molecule has 0 unspecified atom stereocenters. The summed E-state index contributed by atoms with van der Waals surface area (Å²) in [6.45, 7) is 3.03. The van der Waals surface area contributed by atoms with E-state index in [1.54, 1.807) is 0 Å². The zero-order valence-electron chi connectivity index (χ0n) is 11.4. The maximum absolute atomic E-state index is 8.82. The van der Waals surface area contributed by atoms with Crippen molar-refractivity contribution in [2.45, 2.75) is 13.3 Å². The lowest BCUT2D eigenvalue weighted by Gasteiger charge is -2.16. The highest BCUT2D eigenvalue weighted by Gasteiger charge is 2.04. The fourth-order valence-electron chi connectivity index (χ4n) is 1.91. The van der Waals surface area contributed by atoms with Crippen molar-refractivity contribution in [3.05, 3.63) is 42.0 Å². The molecule has 4 heteroatoms. The molecule has 0 radical (unpaired) electrons. The van der Waals surface area contributed by atoms with Crippen molar-refractivity contribution in [3.63, 3.8) is 0 Å². The van der Waals surface area contributed by atoms with Gasteiger partial charge in [-0.25, -0.2) is 0 Å². The van der Waals surface area contributed by atoms with Crippen LogP contribution in [0.5, 0.6) is 0 Å². The monoisotopic (exact) mass is 257 g/mol. The van der Waals surface area contributed by atoms with E-state index in [9.17, 15) is 0 Å². The first-order valence-electron chi connectivity index (χ1n) is 6.43. The molecule has 0 fully saturated rings. The van der Waals surface area contributed by atoms with Crippen molar-refractivity contribution < 1.29 is 5.11 Å². The average Bonchev–Trinajstić information content (AvgIpc) is 2.45. The Morgan fingerprint density at radius 3 is 2.63 bits per heavy atom. The van der Waals surface area contributed by atoms with Crippen molar-refractivity contribution in [3.8, 4) is 11.3 Å². The van der Waals surface area contributed by atoms with Crippen molar-refractivity contribution in [2.24, 2.45) is 0 Å². The van der Waals surface area contributed by atoms with E-state index in [-0.39, 0.29) is 6.61 Å². The number of nitrogens with zero attached hydrogens (tertiary/aromatic N) is 3. The Balaban J connectivity index is 2.14. The van der Waals surface area contributed by atoms with Gasteiger partial charge in [-0.15, -0.1) is 10.2 Å². The van der Waals surface area contributed by atoms with E-state index in [2.05, 4.69) is 29.3 Å². The van der Waals surface area contributed by atoms with Gasteiger partial charge in [-0.3, -0.25) is 0 Å². The van der Waals surface area contributed by atoms with Gasteiger partial charge in [0, 0.05) is 25.8 Å². The van der Waals surface area contributed by atoms with Gasteiger partial charge in [-0.2, -0.15) is 0 Å². The molecule has 1 aromatic carbocycles. The predicted octanol–water partition coefficient (Wildman–Crippen LogP) is 2.27. The highest BCUT2D eigenvalue weighted by molar-refractivity contribution is 5.60. The zero-order chi connectivity index (χ0) is 13.7. The molecule has 0 atom stereocenters. The molecule has 1 aromatic heterocycles. The number of hydrogen-bond acceptors (Lipinski definition) is 4. The van der Waals surface area contributed by atoms with Gasteiger partial charge in [0.2, 0.25) is 0 Å². The van der Waals surface area contributed by atoms with E-state index in [4.69, 9.17) is 5.11 Å². The molecule has 4 nitrogen and oxygen atoms in total. The fraction of sp³-hybridized carbons (Fsp3) is 0.333. The fourth-order valence-corrected chi connectivity index (χ4v) is 1.91. The maximum atomic E-state index is 8.82. The van der Waals surface area contributed by atoms with Crippen LogP contribution in [-0.4, -0.2) is 35.5 Å². The molecule has 2 rings (SSSR count). The Hall–Kier alpha value is -1.94. The summed E-state index contributed by atoms with van der Waals surface area (Å²) >= 11 is 0. The molecular weight excluding hydrogens is 238 g/mol. The van der Waals surface area contributed by atoms with Crippen LogP contribution < -0.4 is 4.90 Å². The van der Waals surface area contributed by atoms with Gasteiger partial charge in [0.1, 0.15) is 0 Å². The van der Waals surface area contributed by atoms with Gasteiger partial charge >= 0.3 is 0 Å². The molecule has 1 heterocycles. The summed E-state index contributed by atoms with van der Waals surface area (Å²) in [5, 5.41) is 17.3. The van der Waals surface area contributed by atoms with Crippen LogP contribution in [0.3, 0.4) is 0 Å². The number of aliphatic hydroxyl groups excluding tert-OH is 1. The lowest BCUT2D eigenvalue weighted by molar-refractivity contribution is 0.290. The molecule has 0 saturated heterocycles. The molecule has 2 aromatic rings. The first-order chi connectivity index (χ1) is 9.20. The summed E-state index contributed by atoms with van der Waals surface area (Å²) in [4.78, 5) is 1.99. The summed E-state index contributed by atoms with van der Waals surface area (Å²) in [6.07, 6.45) is 0.734. The SMILES string of the molecule is Cc1cccc(-c2ccc(N(C)CCCO)nn2)c1. The summed E-state index contributed by atoms with van der Waals surface area (Å²) in [7, 11) is 1.95. The highest BCUT2D eigenvalue weighted by Crippen LogP contribution is 2.19. The minimum atomic E-state index is 0.194. The second-order valence-corrected chi connectivity index (χ2v) is 4.64.